The summed E-state index contributed by atoms with van der Waals surface area (Å²) in [5, 5.41) is 2.73. The number of thiophene rings is 1. The molecule has 0 unspecified atom stereocenters. The van der Waals surface area contributed by atoms with E-state index in [0.717, 1.165) is 16.9 Å². The molecule has 0 radical (unpaired) electrons. The molecule has 0 fully saturated rings. The van der Waals surface area contributed by atoms with Gasteiger partial charge in [0.25, 0.3) is 5.91 Å². The summed E-state index contributed by atoms with van der Waals surface area (Å²) < 4.78 is 28.3. The Labute approximate surface area is 125 Å². The number of aryl methyl sites for hydroxylation is 2. The lowest BCUT2D eigenvalue weighted by Gasteiger charge is -2.06. The van der Waals surface area contributed by atoms with Gasteiger partial charge >= 0.3 is 6.61 Å². The molecule has 2 aromatic rings. The first-order valence-corrected chi connectivity index (χ1v) is 7.26. The molecule has 0 spiro atoms. The molecule has 2 rings (SSSR count). The summed E-state index contributed by atoms with van der Waals surface area (Å²) >= 11 is 1.44. The summed E-state index contributed by atoms with van der Waals surface area (Å²) in [6.07, 6.45) is 0.884. The molecule has 0 atom stereocenters. The SMILES string of the molecule is CCc1cc(C(=O)Nc2ccc(OC(F)F)cc2)sc1C. The Kier molecular flexibility index (Phi) is 4.90. The molecule has 3 nitrogen and oxygen atoms in total. The van der Waals surface area contributed by atoms with E-state index in [1.807, 2.05) is 19.9 Å². The van der Waals surface area contributed by atoms with E-state index in [1.54, 1.807) is 0 Å². The average Bonchev–Trinajstić information content (AvgIpc) is 2.82. The standard InChI is InChI=1S/C15H15F2NO2S/c1-3-10-8-13(21-9(10)2)14(19)18-11-4-6-12(7-5-11)20-15(16)17/h4-8,15H,3H2,1-2H3,(H,18,19). The molecule has 1 amide bonds. The Bertz CT molecular complexity index is 623. The van der Waals surface area contributed by atoms with Crippen LogP contribution in [0.4, 0.5) is 14.5 Å². The number of carbonyl (C=O) groups excluding carboxylic acids is 1. The minimum absolute atomic E-state index is 0.0586. The van der Waals surface area contributed by atoms with Gasteiger partial charge in [0.1, 0.15) is 5.75 Å². The monoisotopic (exact) mass is 311 g/mol. The molecule has 0 saturated carbocycles. The summed E-state index contributed by atoms with van der Waals surface area (Å²) in [5.41, 5.74) is 1.69. The van der Waals surface area contributed by atoms with Gasteiger partial charge in [0.2, 0.25) is 0 Å². The zero-order valence-electron chi connectivity index (χ0n) is 11.7. The summed E-state index contributed by atoms with van der Waals surface area (Å²) in [7, 11) is 0. The number of halogens is 2. The topological polar surface area (TPSA) is 38.3 Å². The first kappa shape index (κ1) is 15.4. The van der Waals surface area contributed by atoms with Crippen molar-refractivity contribution >= 4 is 22.9 Å². The number of hydrogen-bond donors (Lipinski definition) is 1. The molecule has 0 aliphatic heterocycles. The normalized spacial score (nSPS) is 10.7. The van der Waals surface area contributed by atoms with Crippen LogP contribution in [0.1, 0.15) is 27.0 Å². The van der Waals surface area contributed by atoms with Crippen LogP contribution in [0.3, 0.4) is 0 Å². The van der Waals surface area contributed by atoms with E-state index < -0.39 is 6.61 Å². The van der Waals surface area contributed by atoms with E-state index >= 15 is 0 Å². The maximum Gasteiger partial charge on any atom is 0.387 e. The van der Waals surface area contributed by atoms with Crippen LogP contribution in [0.25, 0.3) is 0 Å². The Morgan fingerprint density at radius 2 is 2.00 bits per heavy atom. The third-order valence-corrected chi connectivity index (χ3v) is 4.05. The van der Waals surface area contributed by atoms with E-state index in [0.29, 0.717) is 10.6 Å². The van der Waals surface area contributed by atoms with Crippen LogP contribution in [-0.4, -0.2) is 12.5 Å². The Balaban J connectivity index is 2.05. The molecule has 0 saturated heterocycles. The Morgan fingerprint density at radius 1 is 1.33 bits per heavy atom. The fourth-order valence-corrected chi connectivity index (χ4v) is 2.90. The summed E-state index contributed by atoms with van der Waals surface area (Å²) in [5.74, 6) is -0.145. The molecule has 0 aliphatic rings. The van der Waals surface area contributed by atoms with Crippen LogP contribution in [0, 0.1) is 6.92 Å². The third kappa shape index (κ3) is 4.01. The van der Waals surface area contributed by atoms with Crippen LogP contribution in [0.15, 0.2) is 30.3 Å². The van der Waals surface area contributed by atoms with Crippen molar-refractivity contribution in [2.24, 2.45) is 0 Å². The van der Waals surface area contributed by atoms with Gasteiger partial charge in [0, 0.05) is 10.6 Å². The highest BCUT2D eigenvalue weighted by atomic mass is 32.1. The fraction of sp³-hybridized carbons (Fsp3) is 0.267. The number of ether oxygens (including phenoxy) is 1. The number of hydrogen-bond acceptors (Lipinski definition) is 3. The smallest absolute Gasteiger partial charge is 0.387 e. The van der Waals surface area contributed by atoms with Gasteiger partial charge in [-0.15, -0.1) is 11.3 Å². The van der Waals surface area contributed by atoms with Crippen molar-refractivity contribution in [1.29, 1.82) is 0 Å². The number of anilines is 1. The van der Waals surface area contributed by atoms with Crippen molar-refractivity contribution in [3.8, 4) is 5.75 Å². The minimum Gasteiger partial charge on any atom is -0.435 e. The number of amides is 1. The van der Waals surface area contributed by atoms with Gasteiger partial charge in [-0.25, -0.2) is 0 Å². The maximum atomic E-state index is 12.1. The van der Waals surface area contributed by atoms with Gasteiger partial charge in [-0.05, 0) is 49.2 Å². The molecule has 1 aromatic carbocycles. The van der Waals surface area contributed by atoms with Gasteiger partial charge < -0.3 is 10.1 Å². The molecule has 1 heterocycles. The molecule has 6 heteroatoms. The lowest BCUT2D eigenvalue weighted by Crippen LogP contribution is -2.10. The second kappa shape index (κ2) is 6.67. The van der Waals surface area contributed by atoms with Crippen molar-refractivity contribution in [2.75, 3.05) is 5.32 Å². The molecule has 1 aromatic heterocycles. The highest BCUT2D eigenvalue weighted by molar-refractivity contribution is 7.14. The number of benzene rings is 1. The van der Waals surface area contributed by atoms with Crippen LogP contribution in [-0.2, 0) is 6.42 Å². The highest BCUT2D eigenvalue weighted by Crippen LogP contribution is 2.24. The van der Waals surface area contributed by atoms with Crippen LogP contribution in [0.2, 0.25) is 0 Å². The van der Waals surface area contributed by atoms with Crippen molar-refractivity contribution < 1.29 is 18.3 Å². The van der Waals surface area contributed by atoms with Gasteiger partial charge in [-0.3, -0.25) is 4.79 Å². The molecule has 21 heavy (non-hydrogen) atoms. The molecule has 0 bridgehead atoms. The number of nitrogens with one attached hydrogen (secondary N) is 1. The highest BCUT2D eigenvalue weighted by Gasteiger charge is 2.12. The second-order valence-electron chi connectivity index (χ2n) is 4.40. The third-order valence-electron chi connectivity index (χ3n) is 2.96. The van der Waals surface area contributed by atoms with Crippen molar-refractivity contribution in [3.05, 3.63) is 45.6 Å². The molecular formula is C15H15F2NO2S. The first-order valence-electron chi connectivity index (χ1n) is 6.45. The maximum absolute atomic E-state index is 12.1. The lowest BCUT2D eigenvalue weighted by atomic mass is 10.2. The lowest BCUT2D eigenvalue weighted by molar-refractivity contribution is -0.0498. The minimum atomic E-state index is -2.85. The van der Waals surface area contributed by atoms with Gasteiger partial charge in [-0.1, -0.05) is 6.92 Å². The molecule has 1 N–H and O–H groups in total. The zero-order valence-corrected chi connectivity index (χ0v) is 12.5. The zero-order chi connectivity index (χ0) is 15.4. The predicted molar refractivity (Wildman–Crippen MR) is 79.5 cm³/mol. The number of carbonyl (C=O) groups is 1. The van der Waals surface area contributed by atoms with E-state index in [2.05, 4.69) is 10.1 Å². The Morgan fingerprint density at radius 3 is 2.52 bits per heavy atom. The molecular weight excluding hydrogens is 296 g/mol. The van der Waals surface area contributed by atoms with Crippen LogP contribution in [0.5, 0.6) is 5.75 Å². The fourth-order valence-electron chi connectivity index (χ4n) is 1.90. The van der Waals surface area contributed by atoms with Crippen LogP contribution >= 0.6 is 11.3 Å². The average molecular weight is 311 g/mol. The van der Waals surface area contributed by atoms with E-state index in [-0.39, 0.29) is 11.7 Å². The van der Waals surface area contributed by atoms with E-state index in [9.17, 15) is 13.6 Å². The largest absolute Gasteiger partial charge is 0.435 e. The van der Waals surface area contributed by atoms with Crippen molar-refractivity contribution in [1.82, 2.24) is 0 Å². The summed E-state index contributed by atoms with van der Waals surface area (Å²) in [4.78, 5) is 13.9. The van der Waals surface area contributed by atoms with Gasteiger partial charge in [0.15, 0.2) is 0 Å². The van der Waals surface area contributed by atoms with Crippen molar-refractivity contribution in [3.63, 3.8) is 0 Å². The van der Waals surface area contributed by atoms with E-state index in [1.165, 1.54) is 35.6 Å². The molecule has 112 valence electrons. The number of alkyl halides is 2. The quantitative estimate of drug-likeness (QED) is 0.884. The van der Waals surface area contributed by atoms with E-state index in [4.69, 9.17) is 0 Å². The second-order valence-corrected chi connectivity index (χ2v) is 5.66. The van der Waals surface area contributed by atoms with Crippen molar-refractivity contribution in [2.45, 2.75) is 26.9 Å². The first-order chi connectivity index (χ1) is 9.99. The Hall–Kier alpha value is -1.95. The number of rotatable bonds is 5. The summed E-state index contributed by atoms with van der Waals surface area (Å²) in [6.45, 7) is 1.17. The van der Waals surface area contributed by atoms with Crippen LogP contribution < -0.4 is 10.1 Å². The van der Waals surface area contributed by atoms with Gasteiger partial charge in [-0.2, -0.15) is 8.78 Å². The predicted octanol–water partition coefficient (Wildman–Crippen LogP) is 4.47. The van der Waals surface area contributed by atoms with Gasteiger partial charge in [0.05, 0.1) is 4.88 Å². The summed E-state index contributed by atoms with van der Waals surface area (Å²) in [6, 6.07) is 7.70. The molecule has 0 aliphatic carbocycles.